The van der Waals surface area contributed by atoms with Crippen molar-refractivity contribution in [2.24, 2.45) is 5.73 Å². The molecule has 0 aliphatic rings. The van der Waals surface area contributed by atoms with Gasteiger partial charge in [0.2, 0.25) is 0 Å². The molecule has 1 aromatic carbocycles. The number of aromatic nitrogens is 1. The average molecular weight is 285 g/mol. The van der Waals surface area contributed by atoms with Crippen molar-refractivity contribution < 1.29 is 0 Å². The summed E-state index contributed by atoms with van der Waals surface area (Å²) < 4.78 is 0. The minimum Gasteiger partial charge on any atom is -0.389 e. The lowest BCUT2D eigenvalue weighted by Gasteiger charge is -2.27. The van der Waals surface area contributed by atoms with Crippen LogP contribution in [0.25, 0.3) is 0 Å². The lowest BCUT2D eigenvalue weighted by Crippen LogP contribution is -2.26. The zero-order chi connectivity index (χ0) is 14.5. The SMILES string of the molecule is CCN(Cc1ccncc1)c1c(C)cccc1C(N)=S. The zero-order valence-electron chi connectivity index (χ0n) is 11.8. The Hall–Kier alpha value is -1.94. The quantitative estimate of drug-likeness (QED) is 0.857. The standard InChI is InChI=1S/C16H19N3S/c1-3-19(11-13-7-9-18-10-8-13)15-12(2)5-4-6-14(15)16(17)20/h4-10H,3,11H2,1-2H3,(H2,17,20). The first-order valence-electron chi connectivity index (χ1n) is 6.66. The monoisotopic (exact) mass is 285 g/mol. The molecule has 2 aromatic rings. The molecule has 4 heteroatoms. The molecule has 0 aliphatic heterocycles. The summed E-state index contributed by atoms with van der Waals surface area (Å²) >= 11 is 5.18. The van der Waals surface area contributed by atoms with Gasteiger partial charge in [-0.1, -0.05) is 24.4 Å². The molecule has 0 unspecified atom stereocenters. The lowest BCUT2D eigenvalue weighted by atomic mass is 10.1. The number of para-hydroxylation sites is 1. The van der Waals surface area contributed by atoms with Gasteiger partial charge in [-0.3, -0.25) is 4.98 Å². The number of thiocarbonyl (C=S) groups is 1. The minimum atomic E-state index is 0.442. The van der Waals surface area contributed by atoms with E-state index in [4.69, 9.17) is 18.0 Å². The Kier molecular flexibility index (Phi) is 4.69. The van der Waals surface area contributed by atoms with Crippen molar-refractivity contribution in [2.75, 3.05) is 11.4 Å². The van der Waals surface area contributed by atoms with Gasteiger partial charge in [0.1, 0.15) is 4.99 Å². The van der Waals surface area contributed by atoms with Gasteiger partial charge in [-0.05, 0) is 43.2 Å². The molecule has 1 heterocycles. The van der Waals surface area contributed by atoms with Crippen LogP contribution in [0.5, 0.6) is 0 Å². The van der Waals surface area contributed by atoms with Crippen LogP contribution >= 0.6 is 12.2 Å². The van der Waals surface area contributed by atoms with Crippen LogP contribution in [-0.4, -0.2) is 16.5 Å². The third-order valence-corrected chi connectivity index (χ3v) is 3.54. The number of pyridine rings is 1. The van der Waals surface area contributed by atoms with E-state index in [1.54, 1.807) is 0 Å². The van der Waals surface area contributed by atoms with Crippen molar-refractivity contribution in [1.82, 2.24) is 4.98 Å². The molecule has 0 amide bonds. The Bertz CT molecular complexity index is 596. The summed E-state index contributed by atoms with van der Waals surface area (Å²) in [5.41, 5.74) is 10.3. The molecule has 2 N–H and O–H groups in total. The molecule has 0 atom stereocenters. The number of hydrogen-bond acceptors (Lipinski definition) is 3. The van der Waals surface area contributed by atoms with Gasteiger partial charge in [0.05, 0.1) is 5.69 Å². The van der Waals surface area contributed by atoms with Crippen LogP contribution < -0.4 is 10.6 Å². The first-order chi connectivity index (χ1) is 9.63. The summed E-state index contributed by atoms with van der Waals surface area (Å²) in [5, 5.41) is 0. The highest BCUT2D eigenvalue weighted by atomic mass is 32.1. The van der Waals surface area contributed by atoms with Gasteiger partial charge in [-0.15, -0.1) is 0 Å². The third-order valence-electron chi connectivity index (χ3n) is 3.32. The fraction of sp³-hybridized carbons (Fsp3) is 0.250. The molecule has 20 heavy (non-hydrogen) atoms. The van der Waals surface area contributed by atoms with Crippen LogP contribution in [0.4, 0.5) is 5.69 Å². The van der Waals surface area contributed by atoms with E-state index in [0.717, 1.165) is 24.3 Å². The molecule has 0 saturated heterocycles. The number of hydrogen-bond donors (Lipinski definition) is 1. The van der Waals surface area contributed by atoms with Gasteiger partial charge in [0.15, 0.2) is 0 Å². The van der Waals surface area contributed by atoms with E-state index in [1.165, 1.54) is 11.1 Å². The van der Waals surface area contributed by atoms with Gasteiger partial charge in [0, 0.05) is 31.0 Å². The Morgan fingerprint density at radius 3 is 2.55 bits per heavy atom. The predicted molar refractivity (Wildman–Crippen MR) is 88.0 cm³/mol. The topological polar surface area (TPSA) is 42.2 Å². The number of nitrogens with zero attached hydrogens (tertiary/aromatic N) is 2. The van der Waals surface area contributed by atoms with Crippen molar-refractivity contribution in [3.63, 3.8) is 0 Å². The van der Waals surface area contributed by atoms with Crippen molar-refractivity contribution in [1.29, 1.82) is 0 Å². The van der Waals surface area contributed by atoms with Gasteiger partial charge in [-0.2, -0.15) is 0 Å². The molecular weight excluding hydrogens is 266 g/mol. The second kappa shape index (κ2) is 6.48. The van der Waals surface area contributed by atoms with Gasteiger partial charge in [0.25, 0.3) is 0 Å². The molecule has 0 saturated carbocycles. The van der Waals surface area contributed by atoms with Crippen LogP contribution in [-0.2, 0) is 6.54 Å². The highest BCUT2D eigenvalue weighted by molar-refractivity contribution is 7.80. The Morgan fingerprint density at radius 1 is 1.25 bits per heavy atom. The highest BCUT2D eigenvalue weighted by Crippen LogP contribution is 2.26. The molecular formula is C16H19N3S. The van der Waals surface area contributed by atoms with Gasteiger partial charge < -0.3 is 10.6 Å². The van der Waals surface area contributed by atoms with Crippen molar-refractivity contribution in [3.8, 4) is 0 Å². The minimum absolute atomic E-state index is 0.442. The van der Waals surface area contributed by atoms with E-state index in [-0.39, 0.29) is 0 Å². The Morgan fingerprint density at radius 2 is 1.95 bits per heavy atom. The van der Waals surface area contributed by atoms with Gasteiger partial charge in [-0.25, -0.2) is 0 Å². The molecule has 0 radical (unpaired) electrons. The van der Waals surface area contributed by atoms with Crippen LogP contribution in [0.2, 0.25) is 0 Å². The molecule has 0 bridgehead atoms. The van der Waals surface area contributed by atoms with Crippen molar-refractivity contribution in [3.05, 3.63) is 59.4 Å². The predicted octanol–water partition coefficient (Wildman–Crippen LogP) is 3.05. The summed E-state index contributed by atoms with van der Waals surface area (Å²) in [6.45, 7) is 5.94. The molecule has 104 valence electrons. The Balaban J connectivity index is 2.39. The summed E-state index contributed by atoms with van der Waals surface area (Å²) in [7, 11) is 0. The summed E-state index contributed by atoms with van der Waals surface area (Å²) in [6, 6.07) is 10.1. The molecule has 3 nitrogen and oxygen atoms in total. The first kappa shape index (κ1) is 14.5. The summed E-state index contributed by atoms with van der Waals surface area (Å²) in [4.78, 5) is 6.79. The van der Waals surface area contributed by atoms with E-state index >= 15 is 0 Å². The zero-order valence-corrected chi connectivity index (χ0v) is 12.7. The molecule has 1 aromatic heterocycles. The first-order valence-corrected chi connectivity index (χ1v) is 7.07. The fourth-order valence-corrected chi connectivity index (χ4v) is 2.50. The van der Waals surface area contributed by atoms with E-state index in [0.29, 0.717) is 4.99 Å². The van der Waals surface area contributed by atoms with Crippen LogP contribution in [0.3, 0.4) is 0 Å². The number of aryl methyl sites for hydroxylation is 1. The smallest absolute Gasteiger partial charge is 0.106 e. The van der Waals surface area contributed by atoms with E-state index in [1.807, 2.05) is 36.7 Å². The maximum Gasteiger partial charge on any atom is 0.106 e. The molecule has 0 fully saturated rings. The maximum atomic E-state index is 5.86. The molecule has 0 aliphatic carbocycles. The van der Waals surface area contributed by atoms with E-state index in [2.05, 4.69) is 29.8 Å². The number of nitrogens with two attached hydrogens (primary N) is 1. The van der Waals surface area contributed by atoms with Gasteiger partial charge >= 0.3 is 0 Å². The lowest BCUT2D eigenvalue weighted by molar-refractivity contribution is 0.825. The van der Waals surface area contributed by atoms with E-state index in [9.17, 15) is 0 Å². The van der Waals surface area contributed by atoms with Crippen LogP contribution in [0, 0.1) is 6.92 Å². The Labute approximate surface area is 125 Å². The summed E-state index contributed by atoms with van der Waals surface area (Å²) in [5.74, 6) is 0. The average Bonchev–Trinajstić information content (AvgIpc) is 2.46. The fourth-order valence-electron chi connectivity index (χ4n) is 2.34. The normalized spacial score (nSPS) is 10.3. The summed E-state index contributed by atoms with van der Waals surface area (Å²) in [6.07, 6.45) is 3.63. The highest BCUT2D eigenvalue weighted by Gasteiger charge is 2.14. The molecule has 0 spiro atoms. The second-order valence-corrected chi connectivity index (χ2v) is 5.14. The number of rotatable bonds is 5. The maximum absolute atomic E-state index is 5.86. The number of benzene rings is 1. The van der Waals surface area contributed by atoms with Crippen molar-refractivity contribution >= 4 is 22.9 Å². The third kappa shape index (κ3) is 3.14. The van der Waals surface area contributed by atoms with E-state index < -0.39 is 0 Å². The number of anilines is 1. The second-order valence-electron chi connectivity index (χ2n) is 4.70. The van der Waals surface area contributed by atoms with Crippen molar-refractivity contribution in [2.45, 2.75) is 20.4 Å². The van der Waals surface area contributed by atoms with Crippen LogP contribution in [0.1, 0.15) is 23.6 Å². The molecule has 2 rings (SSSR count). The van der Waals surface area contributed by atoms with Crippen LogP contribution in [0.15, 0.2) is 42.7 Å². The largest absolute Gasteiger partial charge is 0.389 e.